The first-order valence-corrected chi connectivity index (χ1v) is 19.1. The topological polar surface area (TPSA) is 200 Å². The molecular formula is C38H44Cl3N5O9. The van der Waals surface area contributed by atoms with E-state index in [-0.39, 0.29) is 25.3 Å². The fourth-order valence-electron chi connectivity index (χ4n) is 6.58. The molecule has 14 nitrogen and oxygen atoms in total. The maximum absolute atomic E-state index is 14.4. The molecule has 5 N–H and O–H groups in total. The zero-order valence-corrected chi connectivity index (χ0v) is 32.4. The Hall–Kier alpha value is -4.66. The number of ether oxygens (including phenoxy) is 1. The summed E-state index contributed by atoms with van der Waals surface area (Å²) in [5.74, 6) is -5.91. The molecule has 17 heteroatoms. The van der Waals surface area contributed by atoms with E-state index in [1.807, 2.05) is 36.4 Å². The minimum atomic E-state index is -1.89. The lowest BCUT2D eigenvalue weighted by molar-refractivity contribution is -0.143. The van der Waals surface area contributed by atoms with E-state index >= 15 is 0 Å². The van der Waals surface area contributed by atoms with Gasteiger partial charge in [0, 0.05) is 12.5 Å². The van der Waals surface area contributed by atoms with Gasteiger partial charge in [-0.1, -0.05) is 115 Å². The summed E-state index contributed by atoms with van der Waals surface area (Å²) in [5, 5.41) is 19.4. The molecule has 1 unspecified atom stereocenters. The molecule has 0 radical (unpaired) electrons. The minimum Gasteiger partial charge on any atom is -0.479 e. The summed E-state index contributed by atoms with van der Waals surface area (Å²) < 4.78 is 3.18. The summed E-state index contributed by atoms with van der Waals surface area (Å²) in [6, 6.07) is 12.2. The van der Waals surface area contributed by atoms with Crippen molar-refractivity contribution in [2.75, 3.05) is 19.7 Å². The molecule has 1 fully saturated rings. The van der Waals surface area contributed by atoms with Gasteiger partial charge in [-0.15, -0.1) is 0 Å². The molecule has 2 aromatic carbocycles. The van der Waals surface area contributed by atoms with Crippen molar-refractivity contribution >= 4 is 76.3 Å². The second kappa shape index (κ2) is 20.3. The van der Waals surface area contributed by atoms with E-state index in [0.717, 1.165) is 18.4 Å². The third-order valence-electron chi connectivity index (χ3n) is 9.26. The maximum atomic E-state index is 14.4. The lowest BCUT2D eigenvalue weighted by Gasteiger charge is -2.31. The number of likely N-dealkylation sites (tertiary alicyclic amines) is 1. The van der Waals surface area contributed by atoms with Crippen LogP contribution in [0.15, 0.2) is 72.3 Å². The molecule has 4 rings (SSSR count). The fourth-order valence-corrected chi connectivity index (χ4v) is 6.75. The molecule has 55 heavy (non-hydrogen) atoms. The van der Waals surface area contributed by atoms with Gasteiger partial charge in [0.1, 0.15) is 18.7 Å². The van der Waals surface area contributed by atoms with Crippen LogP contribution in [0.2, 0.25) is 0 Å². The summed E-state index contributed by atoms with van der Waals surface area (Å²) in [7, 11) is 0. The number of carboxylic acids is 1. The van der Waals surface area contributed by atoms with E-state index < -0.39 is 82.6 Å². The van der Waals surface area contributed by atoms with Gasteiger partial charge < -0.3 is 36.0 Å². The first-order chi connectivity index (χ1) is 26.2. The number of carbonyl (C=O) groups excluding carboxylic acids is 6. The number of hydrogen-bond donors (Lipinski definition) is 5. The summed E-state index contributed by atoms with van der Waals surface area (Å²) in [4.78, 5) is 93.5. The number of alkyl carbamates (subject to hydrolysis) is 1. The second-order valence-corrected chi connectivity index (χ2v) is 15.8. The first kappa shape index (κ1) is 43.1. The van der Waals surface area contributed by atoms with Crippen LogP contribution in [0.25, 0.3) is 0 Å². The Morgan fingerprint density at radius 1 is 0.909 bits per heavy atom. The number of nitrogens with zero attached hydrogens (tertiary/aromatic N) is 1. The molecular weight excluding hydrogens is 777 g/mol. The zero-order chi connectivity index (χ0) is 40.1. The monoisotopic (exact) mass is 819 g/mol. The van der Waals surface area contributed by atoms with E-state index in [0.29, 0.717) is 30.4 Å². The lowest BCUT2D eigenvalue weighted by atomic mass is 9.93. The van der Waals surface area contributed by atoms with E-state index in [1.54, 1.807) is 25.1 Å². The van der Waals surface area contributed by atoms with Crippen molar-refractivity contribution in [1.82, 2.24) is 26.2 Å². The second-order valence-electron chi connectivity index (χ2n) is 13.3. The van der Waals surface area contributed by atoms with E-state index in [9.17, 15) is 38.7 Å². The number of hydrogen-bond acceptors (Lipinski definition) is 8. The van der Waals surface area contributed by atoms with Crippen molar-refractivity contribution in [2.24, 2.45) is 0 Å². The van der Waals surface area contributed by atoms with Crippen molar-refractivity contribution in [1.29, 1.82) is 0 Å². The standard InChI is InChI=1S/C38H44Cl3N5O9/c1-2-12-27(32(48)34(50)42-20-29(47)44-31(36(52)53)25-17-10-5-11-18-25)43-33(49)28-19-26(23-13-6-3-7-14-23)21-46(28)35(51)30(24-15-8-4-9-16-24)45-37(54)55-22-38(39,40)41/h3,5-7,10-11,13-15,17-18,26-28,30-31H,2,4,8-9,12,16,19-22H2,1H3,(H,42,50)(H,43,49)(H,44,47)(H,45,54)(H,52,53)/t26-,27?,28+,30+,31+/m1/s1. The third kappa shape index (κ3) is 12.7. The van der Waals surface area contributed by atoms with Crippen LogP contribution < -0.4 is 21.3 Å². The number of carboxylic acid groups (broad SMARTS) is 1. The van der Waals surface area contributed by atoms with Crippen molar-refractivity contribution in [3.05, 3.63) is 83.4 Å². The maximum Gasteiger partial charge on any atom is 0.408 e. The van der Waals surface area contributed by atoms with E-state index in [1.165, 1.54) is 17.0 Å². The van der Waals surface area contributed by atoms with Gasteiger partial charge >= 0.3 is 12.1 Å². The number of allylic oxidation sites excluding steroid dienone is 1. The van der Waals surface area contributed by atoms with E-state index in [4.69, 9.17) is 39.5 Å². The number of aliphatic carboxylic acids is 1. The highest BCUT2D eigenvalue weighted by molar-refractivity contribution is 6.67. The molecule has 5 amide bonds. The van der Waals surface area contributed by atoms with Crippen LogP contribution in [0.5, 0.6) is 0 Å². The molecule has 1 heterocycles. The first-order valence-electron chi connectivity index (χ1n) is 17.9. The number of carbonyl (C=O) groups is 7. The Bertz CT molecular complexity index is 1740. The van der Waals surface area contributed by atoms with Gasteiger partial charge in [0.2, 0.25) is 27.3 Å². The molecule has 1 saturated heterocycles. The predicted octanol–water partition coefficient (Wildman–Crippen LogP) is 4.25. The molecule has 2 aliphatic rings. The summed E-state index contributed by atoms with van der Waals surface area (Å²) in [6.07, 6.45) is 4.37. The van der Waals surface area contributed by atoms with E-state index in [2.05, 4.69) is 21.3 Å². The largest absolute Gasteiger partial charge is 0.479 e. The molecule has 0 bridgehead atoms. The molecule has 296 valence electrons. The smallest absolute Gasteiger partial charge is 0.408 e. The number of nitrogens with one attached hydrogen (secondary N) is 4. The Balaban J connectivity index is 1.50. The molecule has 5 atom stereocenters. The number of ketones is 1. The average molecular weight is 821 g/mol. The Morgan fingerprint density at radius 2 is 1.58 bits per heavy atom. The number of alkyl halides is 3. The molecule has 1 aliphatic carbocycles. The van der Waals surface area contributed by atoms with Crippen LogP contribution in [0.3, 0.4) is 0 Å². The fraction of sp³-hybridized carbons (Fsp3) is 0.447. The van der Waals surface area contributed by atoms with Crippen LogP contribution in [0.1, 0.15) is 75.0 Å². The predicted molar refractivity (Wildman–Crippen MR) is 204 cm³/mol. The molecule has 0 spiro atoms. The highest BCUT2D eigenvalue weighted by atomic mass is 35.6. The van der Waals surface area contributed by atoms with Gasteiger partial charge in [0.25, 0.3) is 5.91 Å². The number of benzene rings is 2. The minimum absolute atomic E-state index is 0.0637. The highest BCUT2D eigenvalue weighted by Crippen LogP contribution is 2.34. The zero-order valence-electron chi connectivity index (χ0n) is 30.1. The summed E-state index contributed by atoms with van der Waals surface area (Å²) in [6.45, 7) is 0.583. The number of halogens is 3. The highest BCUT2D eigenvalue weighted by Gasteiger charge is 2.44. The molecule has 0 aromatic heterocycles. The molecule has 2 aromatic rings. The number of Topliss-reactive ketones (excluding diaryl/α,β-unsaturated/α-hetero) is 1. The van der Waals surface area contributed by atoms with Gasteiger partial charge in [-0.2, -0.15) is 0 Å². The van der Waals surface area contributed by atoms with Crippen molar-refractivity contribution in [3.8, 4) is 0 Å². The van der Waals surface area contributed by atoms with Gasteiger partial charge in [0.05, 0.1) is 12.6 Å². The van der Waals surface area contributed by atoms with Crippen LogP contribution in [0.4, 0.5) is 4.79 Å². The summed E-state index contributed by atoms with van der Waals surface area (Å²) in [5.41, 5.74) is 1.82. The van der Waals surface area contributed by atoms with Crippen LogP contribution >= 0.6 is 34.8 Å². The van der Waals surface area contributed by atoms with Crippen molar-refractivity contribution in [2.45, 2.75) is 85.7 Å². The van der Waals surface area contributed by atoms with Gasteiger partial charge in [-0.05, 0) is 55.2 Å². The van der Waals surface area contributed by atoms with Gasteiger partial charge in [0.15, 0.2) is 6.04 Å². The molecule has 1 aliphatic heterocycles. The Labute approximate surface area is 333 Å². The quantitative estimate of drug-likeness (QED) is 0.0934. The van der Waals surface area contributed by atoms with Crippen LogP contribution in [0, 0.1) is 0 Å². The van der Waals surface area contributed by atoms with Crippen LogP contribution in [-0.4, -0.2) is 93.1 Å². The summed E-state index contributed by atoms with van der Waals surface area (Å²) >= 11 is 17.3. The average Bonchev–Trinajstić information content (AvgIpc) is 3.63. The number of rotatable bonds is 16. The van der Waals surface area contributed by atoms with Crippen molar-refractivity contribution in [3.63, 3.8) is 0 Å². The Kier molecular flexibility index (Phi) is 15.9. The van der Waals surface area contributed by atoms with Crippen LogP contribution in [-0.2, 0) is 33.5 Å². The normalized spacial score (nSPS) is 18.5. The Morgan fingerprint density at radius 3 is 2.18 bits per heavy atom. The lowest BCUT2D eigenvalue weighted by Crippen LogP contribution is -2.57. The molecule has 0 saturated carbocycles. The number of amides is 5. The SMILES string of the molecule is CCCC(NC(=O)[C@@H]1C[C@@H](c2ccccc2)CN1C(=O)[C@@H](NC(=O)OCC(Cl)(Cl)Cl)C1=CCCCC1)C(=O)C(=O)NCC(=O)N[C@H](C(=O)O)c1ccccc1. The van der Waals surface area contributed by atoms with Gasteiger partial charge in [-0.25, -0.2) is 9.59 Å². The third-order valence-corrected chi connectivity index (χ3v) is 9.59. The van der Waals surface area contributed by atoms with Crippen molar-refractivity contribution < 1.29 is 43.4 Å². The van der Waals surface area contributed by atoms with Gasteiger partial charge in [-0.3, -0.25) is 24.0 Å².